The van der Waals surface area contributed by atoms with Crippen LogP contribution in [0, 0.1) is 5.82 Å². The lowest BCUT2D eigenvalue weighted by molar-refractivity contribution is -0.179. The van der Waals surface area contributed by atoms with Gasteiger partial charge in [-0.15, -0.1) is 0 Å². The first-order chi connectivity index (χ1) is 13.3. The van der Waals surface area contributed by atoms with Gasteiger partial charge < -0.3 is 20.1 Å². The second kappa shape index (κ2) is 8.13. The number of aromatic nitrogens is 1. The number of rotatable bonds is 4. The van der Waals surface area contributed by atoms with Crippen LogP contribution in [-0.2, 0) is 9.53 Å². The molecule has 0 unspecified atom stereocenters. The molecule has 1 spiro atoms. The standard InChI is InChI=1S/C20H28FN3O4/c1-3-4-17(26)23-19(2)13-20(28-12-16(19)25)7-9-24(10-8-20)18(27)15-6-5-14(21)11-22-15/h5-6,11,16,25H,3-4,7-10,12-13H2,1-2H3,(H,23,26)/t16-,19-/m1/s1. The third kappa shape index (κ3) is 4.33. The fraction of sp³-hybridized carbons (Fsp3) is 0.650. The molecule has 0 aromatic carbocycles. The van der Waals surface area contributed by atoms with Crippen molar-refractivity contribution in [2.24, 2.45) is 0 Å². The molecule has 7 nitrogen and oxygen atoms in total. The monoisotopic (exact) mass is 393 g/mol. The molecule has 0 saturated carbocycles. The molecular formula is C20H28FN3O4. The fourth-order valence-electron chi connectivity index (χ4n) is 4.12. The normalized spacial score (nSPS) is 26.9. The third-order valence-electron chi connectivity index (χ3n) is 5.78. The number of nitrogens with zero attached hydrogens (tertiary/aromatic N) is 2. The minimum absolute atomic E-state index is 0.0731. The Hall–Kier alpha value is -2.06. The number of ether oxygens (including phenoxy) is 1. The highest BCUT2D eigenvalue weighted by Crippen LogP contribution is 2.40. The molecular weight excluding hydrogens is 365 g/mol. The first-order valence-corrected chi connectivity index (χ1v) is 9.81. The van der Waals surface area contributed by atoms with E-state index in [1.165, 1.54) is 12.1 Å². The van der Waals surface area contributed by atoms with E-state index in [1.54, 1.807) is 4.90 Å². The number of halogens is 1. The summed E-state index contributed by atoms with van der Waals surface area (Å²) in [6, 6.07) is 2.61. The quantitative estimate of drug-likeness (QED) is 0.812. The Morgan fingerprint density at radius 2 is 2.11 bits per heavy atom. The molecule has 3 rings (SSSR count). The van der Waals surface area contributed by atoms with Gasteiger partial charge in [0, 0.05) is 25.9 Å². The van der Waals surface area contributed by atoms with Gasteiger partial charge in [0.1, 0.15) is 17.6 Å². The Balaban J connectivity index is 1.64. The molecule has 2 fully saturated rings. The Bertz CT molecular complexity index is 719. The number of likely N-dealkylation sites (tertiary alicyclic amines) is 1. The molecule has 2 saturated heterocycles. The van der Waals surface area contributed by atoms with Crippen LogP contribution in [0.2, 0.25) is 0 Å². The number of nitrogens with one attached hydrogen (secondary N) is 1. The van der Waals surface area contributed by atoms with E-state index in [-0.39, 0.29) is 24.1 Å². The summed E-state index contributed by atoms with van der Waals surface area (Å²) >= 11 is 0. The van der Waals surface area contributed by atoms with Gasteiger partial charge in [0.15, 0.2) is 0 Å². The molecule has 2 atom stereocenters. The second-order valence-electron chi connectivity index (χ2n) is 8.06. The zero-order valence-corrected chi connectivity index (χ0v) is 16.4. The van der Waals surface area contributed by atoms with E-state index in [0.717, 1.165) is 12.6 Å². The lowest BCUT2D eigenvalue weighted by Gasteiger charge is -2.52. The van der Waals surface area contributed by atoms with Gasteiger partial charge >= 0.3 is 0 Å². The van der Waals surface area contributed by atoms with Crippen molar-refractivity contribution in [3.05, 3.63) is 29.8 Å². The van der Waals surface area contributed by atoms with E-state index in [4.69, 9.17) is 4.74 Å². The van der Waals surface area contributed by atoms with E-state index in [2.05, 4.69) is 10.3 Å². The highest BCUT2D eigenvalue weighted by atomic mass is 19.1. The summed E-state index contributed by atoms with van der Waals surface area (Å²) in [5.74, 6) is -0.784. The van der Waals surface area contributed by atoms with Crippen molar-refractivity contribution in [1.82, 2.24) is 15.2 Å². The van der Waals surface area contributed by atoms with Crippen LogP contribution < -0.4 is 5.32 Å². The van der Waals surface area contributed by atoms with Crippen molar-refractivity contribution in [2.75, 3.05) is 19.7 Å². The van der Waals surface area contributed by atoms with Crippen molar-refractivity contribution in [3.8, 4) is 0 Å². The Labute approximate surface area is 164 Å². The number of carbonyl (C=O) groups is 2. The molecule has 8 heteroatoms. The molecule has 2 aliphatic heterocycles. The minimum atomic E-state index is -0.776. The van der Waals surface area contributed by atoms with Gasteiger partial charge in [-0.1, -0.05) is 6.92 Å². The lowest BCUT2D eigenvalue weighted by Crippen LogP contribution is -2.65. The maximum atomic E-state index is 13.0. The highest BCUT2D eigenvalue weighted by molar-refractivity contribution is 5.92. The van der Waals surface area contributed by atoms with Crippen molar-refractivity contribution in [2.45, 2.75) is 63.2 Å². The van der Waals surface area contributed by atoms with Gasteiger partial charge in [0.2, 0.25) is 5.91 Å². The van der Waals surface area contributed by atoms with Gasteiger partial charge in [0.05, 0.1) is 23.9 Å². The lowest BCUT2D eigenvalue weighted by atomic mass is 9.74. The fourth-order valence-corrected chi connectivity index (χ4v) is 4.12. The topological polar surface area (TPSA) is 91.8 Å². The molecule has 2 N–H and O–H groups in total. The predicted octanol–water partition coefficient (Wildman–Crippen LogP) is 1.65. The van der Waals surface area contributed by atoms with E-state index in [1.807, 2.05) is 13.8 Å². The van der Waals surface area contributed by atoms with Crippen LogP contribution in [0.5, 0.6) is 0 Å². The van der Waals surface area contributed by atoms with Crippen LogP contribution in [-0.4, -0.2) is 63.7 Å². The Morgan fingerprint density at radius 1 is 1.39 bits per heavy atom. The van der Waals surface area contributed by atoms with Crippen LogP contribution in [0.1, 0.15) is 56.4 Å². The number of piperidine rings is 1. The van der Waals surface area contributed by atoms with Crippen LogP contribution >= 0.6 is 0 Å². The van der Waals surface area contributed by atoms with E-state index < -0.39 is 23.1 Å². The summed E-state index contributed by atoms with van der Waals surface area (Å²) in [6.07, 6.45) is 3.12. The SMILES string of the molecule is CCCC(=O)N[C@]1(C)CC2(CCN(C(=O)c3ccc(F)cn3)CC2)OC[C@H]1O. The molecule has 0 radical (unpaired) electrons. The second-order valence-corrected chi connectivity index (χ2v) is 8.06. The predicted molar refractivity (Wildman–Crippen MR) is 100 cm³/mol. The van der Waals surface area contributed by atoms with Crippen LogP contribution in [0.3, 0.4) is 0 Å². The summed E-state index contributed by atoms with van der Waals surface area (Å²) in [5.41, 5.74) is -1.02. The van der Waals surface area contributed by atoms with Crippen molar-refractivity contribution < 1.29 is 23.8 Å². The van der Waals surface area contributed by atoms with Crippen molar-refractivity contribution >= 4 is 11.8 Å². The average Bonchev–Trinajstić information content (AvgIpc) is 2.66. The molecule has 3 heterocycles. The summed E-state index contributed by atoms with van der Waals surface area (Å²) in [5, 5.41) is 13.4. The molecule has 2 aliphatic rings. The zero-order valence-electron chi connectivity index (χ0n) is 16.4. The van der Waals surface area contributed by atoms with E-state index in [9.17, 15) is 19.1 Å². The van der Waals surface area contributed by atoms with Crippen LogP contribution in [0.15, 0.2) is 18.3 Å². The van der Waals surface area contributed by atoms with Gasteiger partial charge in [0.25, 0.3) is 5.91 Å². The van der Waals surface area contributed by atoms with E-state index in [0.29, 0.717) is 38.8 Å². The summed E-state index contributed by atoms with van der Waals surface area (Å²) in [4.78, 5) is 30.2. The Kier molecular flexibility index (Phi) is 6.00. The first-order valence-electron chi connectivity index (χ1n) is 9.81. The number of pyridine rings is 1. The maximum absolute atomic E-state index is 13.0. The molecule has 2 amide bonds. The first kappa shape index (κ1) is 20.7. The number of aliphatic hydroxyl groups excluding tert-OH is 1. The molecule has 0 aliphatic carbocycles. The van der Waals surface area contributed by atoms with Crippen molar-refractivity contribution in [3.63, 3.8) is 0 Å². The van der Waals surface area contributed by atoms with Gasteiger partial charge in [-0.3, -0.25) is 9.59 Å². The van der Waals surface area contributed by atoms with Crippen LogP contribution in [0.25, 0.3) is 0 Å². The zero-order chi connectivity index (χ0) is 20.4. The van der Waals surface area contributed by atoms with E-state index >= 15 is 0 Å². The summed E-state index contributed by atoms with van der Waals surface area (Å²) in [6.45, 7) is 4.90. The summed E-state index contributed by atoms with van der Waals surface area (Å²) in [7, 11) is 0. The summed E-state index contributed by atoms with van der Waals surface area (Å²) < 4.78 is 19.0. The number of hydrogen-bond acceptors (Lipinski definition) is 5. The number of carbonyl (C=O) groups excluding carboxylic acids is 2. The molecule has 28 heavy (non-hydrogen) atoms. The van der Waals surface area contributed by atoms with Crippen LogP contribution in [0.4, 0.5) is 4.39 Å². The molecule has 0 bridgehead atoms. The average molecular weight is 393 g/mol. The number of aliphatic hydroxyl groups is 1. The number of amides is 2. The highest BCUT2D eigenvalue weighted by Gasteiger charge is 2.50. The third-order valence-corrected chi connectivity index (χ3v) is 5.78. The van der Waals surface area contributed by atoms with Gasteiger partial charge in [-0.05, 0) is 38.3 Å². The molecule has 1 aromatic rings. The van der Waals surface area contributed by atoms with Crippen molar-refractivity contribution in [1.29, 1.82) is 0 Å². The minimum Gasteiger partial charge on any atom is -0.388 e. The van der Waals surface area contributed by atoms with Gasteiger partial charge in [-0.2, -0.15) is 0 Å². The molecule has 154 valence electrons. The van der Waals surface area contributed by atoms with Gasteiger partial charge in [-0.25, -0.2) is 9.37 Å². The Morgan fingerprint density at radius 3 is 2.71 bits per heavy atom. The smallest absolute Gasteiger partial charge is 0.272 e. The molecule has 1 aromatic heterocycles. The maximum Gasteiger partial charge on any atom is 0.272 e. The largest absolute Gasteiger partial charge is 0.388 e. The number of hydrogen-bond donors (Lipinski definition) is 2.